The van der Waals surface area contributed by atoms with Crippen LogP contribution in [0.2, 0.25) is 0 Å². The van der Waals surface area contributed by atoms with Crippen molar-refractivity contribution in [3.8, 4) is 11.5 Å². The summed E-state index contributed by atoms with van der Waals surface area (Å²) in [5.74, 6) is 1.52. The molecule has 3 rings (SSSR count). The van der Waals surface area contributed by atoms with Gasteiger partial charge in [-0.05, 0) is 12.1 Å². The molecule has 1 N–H and O–H groups in total. The molecule has 2 aromatic rings. The second-order valence-electron chi connectivity index (χ2n) is 2.83. The van der Waals surface area contributed by atoms with E-state index in [1.54, 1.807) is 0 Å². The predicted octanol–water partition coefficient (Wildman–Crippen LogP) is 1.13. The summed E-state index contributed by atoms with van der Waals surface area (Å²) in [6, 6.07) is 3.75. The van der Waals surface area contributed by atoms with Crippen LogP contribution < -0.4 is 9.47 Å². The first-order valence-electron chi connectivity index (χ1n) is 4.09. The number of hydrogen-bond donors (Lipinski definition) is 1. The second-order valence-corrected chi connectivity index (χ2v) is 2.83. The topological polar surface area (TPSA) is 47.1 Å². The van der Waals surface area contributed by atoms with Gasteiger partial charge in [0, 0.05) is 0 Å². The lowest BCUT2D eigenvalue weighted by molar-refractivity contribution is 0.173. The third-order valence-corrected chi connectivity index (χ3v) is 2.04. The molecule has 0 saturated heterocycles. The van der Waals surface area contributed by atoms with Gasteiger partial charge in [-0.2, -0.15) is 0 Å². The molecule has 1 aromatic carbocycles. The summed E-state index contributed by atoms with van der Waals surface area (Å²) in [6.45, 7) is 1.20. The van der Waals surface area contributed by atoms with Gasteiger partial charge in [-0.25, -0.2) is 4.98 Å². The minimum atomic E-state index is 0.588. The van der Waals surface area contributed by atoms with Gasteiger partial charge in [0.05, 0.1) is 5.52 Å². The largest absolute Gasteiger partial charge is 0.486 e. The molecule has 0 unspecified atom stereocenters. The number of fused-ring (bicyclic) bond motifs is 3. The van der Waals surface area contributed by atoms with Crippen molar-refractivity contribution in [2.24, 2.45) is 0 Å². The monoisotopic (exact) mass is 175 g/mol. The Morgan fingerprint density at radius 2 is 2.23 bits per heavy atom. The Morgan fingerprint density at radius 3 is 3.23 bits per heavy atom. The zero-order valence-electron chi connectivity index (χ0n) is 6.83. The Morgan fingerprint density at radius 1 is 1.31 bits per heavy atom. The van der Waals surface area contributed by atoms with Crippen molar-refractivity contribution >= 4 is 11.0 Å². The van der Waals surface area contributed by atoms with E-state index in [-0.39, 0.29) is 0 Å². The summed E-state index contributed by atoms with van der Waals surface area (Å²) in [4.78, 5) is 6.92. The van der Waals surface area contributed by atoms with E-state index in [4.69, 9.17) is 9.47 Å². The van der Waals surface area contributed by atoms with E-state index in [1.165, 1.54) is 0 Å². The number of benzene rings is 1. The van der Waals surface area contributed by atoms with Crippen molar-refractivity contribution in [1.29, 1.82) is 0 Å². The van der Waals surface area contributed by atoms with Crippen molar-refractivity contribution < 1.29 is 9.47 Å². The zero-order valence-corrected chi connectivity index (χ0v) is 6.83. The average Bonchev–Trinajstić information content (AvgIpc) is 2.65. The number of nitrogens with zero attached hydrogens (tertiary/aromatic N) is 1. The van der Waals surface area contributed by atoms with E-state index in [0.29, 0.717) is 13.2 Å². The molecule has 1 aromatic heterocycles. The molecule has 1 radical (unpaired) electrons. The van der Waals surface area contributed by atoms with Crippen LogP contribution in [0.25, 0.3) is 11.0 Å². The van der Waals surface area contributed by atoms with Gasteiger partial charge in [-0.15, -0.1) is 0 Å². The zero-order chi connectivity index (χ0) is 8.67. The summed E-state index contributed by atoms with van der Waals surface area (Å²) in [7, 11) is 0. The first-order valence-corrected chi connectivity index (χ1v) is 4.09. The summed E-state index contributed by atoms with van der Waals surface area (Å²) >= 11 is 0. The van der Waals surface area contributed by atoms with E-state index in [0.717, 1.165) is 22.5 Å². The molecule has 4 nitrogen and oxygen atoms in total. The lowest BCUT2D eigenvalue weighted by atomic mass is 10.2. The van der Waals surface area contributed by atoms with Gasteiger partial charge in [0.15, 0.2) is 17.8 Å². The molecular formula is C9H7N2O2. The number of hydrogen-bond acceptors (Lipinski definition) is 3. The van der Waals surface area contributed by atoms with Gasteiger partial charge >= 0.3 is 0 Å². The fourth-order valence-electron chi connectivity index (χ4n) is 1.46. The highest BCUT2D eigenvalue weighted by Gasteiger charge is 2.15. The van der Waals surface area contributed by atoms with Crippen LogP contribution in [-0.4, -0.2) is 23.2 Å². The van der Waals surface area contributed by atoms with Crippen LogP contribution in [-0.2, 0) is 0 Å². The molecule has 65 valence electrons. The molecule has 0 saturated carbocycles. The smallest absolute Gasteiger partial charge is 0.187 e. The molecule has 1 aliphatic heterocycles. The number of H-pyrrole nitrogens is 1. The molecule has 0 spiro atoms. The number of aromatic amines is 1. The van der Waals surface area contributed by atoms with Crippen LogP contribution in [0.4, 0.5) is 0 Å². The van der Waals surface area contributed by atoms with E-state index in [9.17, 15) is 0 Å². The van der Waals surface area contributed by atoms with Crippen LogP contribution in [0.3, 0.4) is 0 Å². The first kappa shape index (κ1) is 6.77. The number of rotatable bonds is 0. The molecule has 4 heteroatoms. The number of ether oxygens (including phenoxy) is 2. The summed E-state index contributed by atoms with van der Waals surface area (Å²) < 4.78 is 10.9. The lowest BCUT2D eigenvalue weighted by Gasteiger charge is -2.18. The standard InChI is InChI=1S/C9H7N2O2/c1-2-7-9(13-4-3-12-7)8-6(1)10-5-11-8/h1-2H,3-4H2,(H,10,11). The van der Waals surface area contributed by atoms with Crippen molar-refractivity contribution in [3.05, 3.63) is 18.5 Å². The predicted molar refractivity (Wildman–Crippen MR) is 45.9 cm³/mol. The maximum Gasteiger partial charge on any atom is 0.187 e. The number of nitrogens with one attached hydrogen (secondary N) is 1. The molecule has 1 aliphatic rings. The third-order valence-electron chi connectivity index (χ3n) is 2.04. The molecular weight excluding hydrogens is 168 g/mol. The number of aromatic nitrogens is 2. The van der Waals surface area contributed by atoms with Crippen LogP contribution in [0, 0.1) is 6.33 Å². The molecule has 13 heavy (non-hydrogen) atoms. The van der Waals surface area contributed by atoms with Crippen LogP contribution in [0.5, 0.6) is 11.5 Å². The Kier molecular flexibility index (Phi) is 1.24. The Balaban J connectivity index is 2.34. The highest BCUT2D eigenvalue weighted by molar-refractivity contribution is 5.84. The third kappa shape index (κ3) is 0.884. The molecule has 0 bridgehead atoms. The maximum atomic E-state index is 5.48. The van der Waals surface area contributed by atoms with Crippen molar-refractivity contribution in [2.45, 2.75) is 0 Å². The molecule has 0 atom stereocenters. The minimum Gasteiger partial charge on any atom is -0.486 e. The Hall–Kier alpha value is -1.71. The average molecular weight is 175 g/mol. The van der Waals surface area contributed by atoms with E-state index >= 15 is 0 Å². The fraction of sp³-hybridized carbons (Fsp3) is 0.222. The van der Waals surface area contributed by atoms with Crippen LogP contribution >= 0.6 is 0 Å². The van der Waals surface area contributed by atoms with E-state index in [1.807, 2.05) is 12.1 Å². The summed E-state index contributed by atoms with van der Waals surface area (Å²) in [6.07, 6.45) is 2.68. The lowest BCUT2D eigenvalue weighted by Crippen LogP contribution is -2.15. The van der Waals surface area contributed by atoms with Crippen molar-refractivity contribution in [2.75, 3.05) is 13.2 Å². The van der Waals surface area contributed by atoms with Gasteiger partial charge in [0.1, 0.15) is 18.7 Å². The van der Waals surface area contributed by atoms with Gasteiger partial charge in [-0.1, -0.05) is 0 Å². The SMILES string of the molecule is [c]1nc2ccc3c(c2[nH]1)OCCO3. The van der Waals surface area contributed by atoms with Crippen LogP contribution in [0.15, 0.2) is 12.1 Å². The van der Waals surface area contributed by atoms with E-state index < -0.39 is 0 Å². The van der Waals surface area contributed by atoms with Gasteiger partial charge < -0.3 is 14.5 Å². The van der Waals surface area contributed by atoms with Gasteiger partial charge in [0.25, 0.3) is 0 Å². The second kappa shape index (κ2) is 2.39. The molecule has 0 amide bonds. The fourth-order valence-corrected chi connectivity index (χ4v) is 1.46. The van der Waals surface area contributed by atoms with E-state index in [2.05, 4.69) is 16.3 Å². The van der Waals surface area contributed by atoms with Gasteiger partial charge in [0.2, 0.25) is 0 Å². The first-order chi connectivity index (χ1) is 6.45. The van der Waals surface area contributed by atoms with Crippen molar-refractivity contribution in [1.82, 2.24) is 9.97 Å². The quantitative estimate of drug-likeness (QED) is 0.653. The van der Waals surface area contributed by atoms with Gasteiger partial charge in [-0.3, -0.25) is 0 Å². The molecule has 0 aliphatic carbocycles. The Labute approximate surface area is 74.5 Å². The summed E-state index contributed by atoms with van der Waals surface area (Å²) in [5.41, 5.74) is 1.71. The minimum absolute atomic E-state index is 0.588. The summed E-state index contributed by atoms with van der Waals surface area (Å²) in [5, 5.41) is 0. The van der Waals surface area contributed by atoms with Crippen molar-refractivity contribution in [3.63, 3.8) is 0 Å². The highest BCUT2D eigenvalue weighted by atomic mass is 16.6. The highest BCUT2D eigenvalue weighted by Crippen LogP contribution is 2.35. The molecule has 0 fully saturated rings. The normalized spacial score (nSPS) is 14.8. The Bertz CT molecular complexity index is 450. The van der Waals surface area contributed by atoms with Crippen LogP contribution in [0.1, 0.15) is 0 Å². The molecule has 2 heterocycles. The number of imidazole rings is 1. The maximum absolute atomic E-state index is 5.48.